The molecule has 0 saturated heterocycles. The van der Waals surface area contributed by atoms with Crippen LogP contribution in [0.15, 0.2) is 0 Å². The van der Waals surface area contributed by atoms with Crippen LogP contribution < -0.4 is 26.6 Å². The van der Waals surface area contributed by atoms with E-state index in [1.807, 2.05) is 0 Å². The first-order valence-electron chi connectivity index (χ1n) is 20.1. The Labute approximate surface area is 331 Å². The summed E-state index contributed by atoms with van der Waals surface area (Å²) in [5.74, 6) is -4.25. The second-order valence-corrected chi connectivity index (χ2v) is 13.5. The summed E-state index contributed by atoms with van der Waals surface area (Å²) in [6.07, 6.45) is 11.0. The number of carboxylic acid groups (broad SMARTS) is 3. The van der Waals surface area contributed by atoms with Crippen LogP contribution in [-0.2, 0) is 47.8 Å². The number of nitrogens with one attached hydrogen (secondary N) is 5. The molecule has 0 saturated carbocycles. The monoisotopic (exact) mass is 803 g/mol. The molecule has 0 aliphatic carbocycles. The Morgan fingerprint density at radius 2 is 0.857 bits per heavy atom. The second kappa shape index (κ2) is 36.7. The zero-order valence-corrected chi connectivity index (χ0v) is 33.4. The summed E-state index contributed by atoms with van der Waals surface area (Å²) in [6, 6.07) is -1.93. The Balaban J connectivity index is 3.64. The number of likely N-dealkylation sites (N-methyl/N-ethyl adjacent to an activating group) is 1. The second-order valence-electron chi connectivity index (χ2n) is 13.5. The average molecular weight is 804 g/mol. The van der Waals surface area contributed by atoms with E-state index in [9.17, 15) is 38.7 Å². The van der Waals surface area contributed by atoms with Crippen molar-refractivity contribution >= 4 is 41.5 Å². The number of hydrogen-bond donors (Lipinski definition) is 8. The van der Waals surface area contributed by atoms with Crippen LogP contribution in [0.1, 0.15) is 122 Å². The number of ether oxygens (including phenoxy) is 3. The molecule has 0 radical (unpaired) electrons. The van der Waals surface area contributed by atoms with E-state index in [2.05, 4.69) is 26.6 Å². The van der Waals surface area contributed by atoms with E-state index >= 15 is 0 Å². The van der Waals surface area contributed by atoms with Crippen molar-refractivity contribution < 1.29 is 63.1 Å². The molecule has 0 aromatic heterocycles. The highest BCUT2D eigenvalue weighted by molar-refractivity contribution is 5.87. The first-order chi connectivity index (χ1) is 27.0. The van der Waals surface area contributed by atoms with Gasteiger partial charge in [0, 0.05) is 65.0 Å². The highest BCUT2D eigenvalue weighted by Gasteiger charge is 2.21. The molecule has 0 bridgehead atoms. The van der Waals surface area contributed by atoms with Crippen LogP contribution in [0.5, 0.6) is 0 Å². The van der Waals surface area contributed by atoms with Gasteiger partial charge in [0.25, 0.3) is 0 Å². The minimum absolute atomic E-state index is 0.0556. The highest BCUT2D eigenvalue weighted by atomic mass is 16.5. The van der Waals surface area contributed by atoms with Gasteiger partial charge in [-0.15, -0.1) is 0 Å². The average Bonchev–Trinajstić information content (AvgIpc) is 3.15. The van der Waals surface area contributed by atoms with E-state index in [0.29, 0.717) is 97.8 Å². The third-order valence-electron chi connectivity index (χ3n) is 8.62. The standard InChI is InChI=1S/C38H69N5O13/c1-39-30(37(50)51)14-10-11-21-40-33(45)18-17-31(38(52)53)43-35(47)20-19-34(46)42-23-13-25-55-27-29-56-28-26-54-24-12-22-41-32(44)15-8-6-4-2-3-5-7-9-16-36(48)49/h30-31,39H,2-29H2,1H3,(H,40,45)(H,41,44)(H,42,46)(H,43,47)(H,48,49)(H,50,51)(H,52,53)/t30-,31-/m0/s1. The Hall–Kier alpha value is -3.87. The lowest BCUT2D eigenvalue weighted by atomic mass is 10.1. The Bertz CT molecular complexity index is 1110. The van der Waals surface area contributed by atoms with E-state index in [-0.39, 0.29) is 49.8 Å². The van der Waals surface area contributed by atoms with Crippen molar-refractivity contribution in [3.63, 3.8) is 0 Å². The van der Waals surface area contributed by atoms with Crippen molar-refractivity contribution in [1.82, 2.24) is 26.6 Å². The molecule has 0 aliphatic rings. The molecule has 0 unspecified atom stereocenters. The molecule has 0 spiro atoms. The molecule has 0 fully saturated rings. The van der Waals surface area contributed by atoms with Crippen molar-refractivity contribution in [1.29, 1.82) is 0 Å². The van der Waals surface area contributed by atoms with Gasteiger partial charge in [-0.05, 0) is 58.4 Å². The van der Waals surface area contributed by atoms with E-state index in [0.717, 1.165) is 51.4 Å². The van der Waals surface area contributed by atoms with Gasteiger partial charge in [0.05, 0.1) is 26.4 Å². The molecule has 4 amide bonds. The zero-order chi connectivity index (χ0) is 41.7. The van der Waals surface area contributed by atoms with Crippen molar-refractivity contribution in [2.75, 3.05) is 66.3 Å². The lowest BCUT2D eigenvalue weighted by Crippen LogP contribution is -2.42. The Kier molecular flexibility index (Phi) is 34.2. The molecule has 0 heterocycles. The predicted molar refractivity (Wildman–Crippen MR) is 207 cm³/mol. The molecule has 0 rings (SSSR count). The van der Waals surface area contributed by atoms with Crippen LogP contribution in [0.2, 0.25) is 0 Å². The van der Waals surface area contributed by atoms with Crippen molar-refractivity contribution in [3.8, 4) is 0 Å². The number of carboxylic acids is 3. The van der Waals surface area contributed by atoms with Crippen LogP contribution in [-0.4, -0.2) is 135 Å². The van der Waals surface area contributed by atoms with Crippen molar-refractivity contribution in [2.24, 2.45) is 0 Å². The van der Waals surface area contributed by atoms with Crippen LogP contribution in [0, 0.1) is 0 Å². The lowest BCUT2D eigenvalue weighted by Gasteiger charge is -2.15. The topological polar surface area (TPSA) is 268 Å². The molecule has 324 valence electrons. The molecule has 18 heteroatoms. The molecule has 18 nitrogen and oxygen atoms in total. The van der Waals surface area contributed by atoms with Gasteiger partial charge in [-0.1, -0.05) is 38.5 Å². The predicted octanol–water partition coefficient (Wildman–Crippen LogP) is 2.12. The molecular formula is C38H69N5O13. The summed E-state index contributed by atoms with van der Waals surface area (Å²) in [6.45, 7) is 3.78. The van der Waals surface area contributed by atoms with Gasteiger partial charge in [0.2, 0.25) is 23.6 Å². The van der Waals surface area contributed by atoms with Gasteiger partial charge in [-0.25, -0.2) is 4.79 Å². The van der Waals surface area contributed by atoms with Gasteiger partial charge >= 0.3 is 17.9 Å². The maximum atomic E-state index is 12.2. The molecular weight excluding hydrogens is 734 g/mol. The number of carbonyl (C=O) groups excluding carboxylic acids is 4. The third-order valence-corrected chi connectivity index (χ3v) is 8.62. The van der Waals surface area contributed by atoms with E-state index < -0.39 is 35.9 Å². The summed E-state index contributed by atoms with van der Waals surface area (Å²) < 4.78 is 16.5. The fraction of sp³-hybridized carbons (Fsp3) is 0.816. The Morgan fingerprint density at radius 1 is 0.429 bits per heavy atom. The summed E-state index contributed by atoms with van der Waals surface area (Å²) >= 11 is 0. The first-order valence-corrected chi connectivity index (χ1v) is 20.1. The number of carbonyl (C=O) groups is 7. The fourth-order valence-corrected chi connectivity index (χ4v) is 5.35. The molecule has 2 atom stereocenters. The van der Waals surface area contributed by atoms with Crippen molar-refractivity contribution in [3.05, 3.63) is 0 Å². The summed E-state index contributed by atoms with van der Waals surface area (Å²) in [5.41, 5.74) is 0. The summed E-state index contributed by atoms with van der Waals surface area (Å²) in [5, 5.41) is 40.3. The third kappa shape index (κ3) is 34.6. The lowest BCUT2D eigenvalue weighted by molar-refractivity contribution is -0.142. The van der Waals surface area contributed by atoms with Gasteiger partial charge in [-0.3, -0.25) is 28.8 Å². The van der Waals surface area contributed by atoms with Crippen LogP contribution >= 0.6 is 0 Å². The molecule has 56 heavy (non-hydrogen) atoms. The number of unbranched alkanes of at least 4 members (excludes halogenated alkanes) is 8. The van der Waals surface area contributed by atoms with Crippen LogP contribution in [0.25, 0.3) is 0 Å². The molecule has 0 aromatic rings. The van der Waals surface area contributed by atoms with Gasteiger partial charge in [0.1, 0.15) is 12.1 Å². The number of amides is 4. The smallest absolute Gasteiger partial charge is 0.326 e. The Morgan fingerprint density at radius 3 is 1.36 bits per heavy atom. The molecule has 0 aromatic carbocycles. The maximum Gasteiger partial charge on any atom is 0.326 e. The minimum Gasteiger partial charge on any atom is -0.481 e. The largest absolute Gasteiger partial charge is 0.481 e. The van der Waals surface area contributed by atoms with Gasteiger partial charge in [0.15, 0.2) is 0 Å². The van der Waals surface area contributed by atoms with Crippen LogP contribution in [0.3, 0.4) is 0 Å². The van der Waals surface area contributed by atoms with Crippen LogP contribution in [0.4, 0.5) is 0 Å². The summed E-state index contributed by atoms with van der Waals surface area (Å²) in [4.78, 5) is 81.3. The van der Waals surface area contributed by atoms with E-state index in [4.69, 9.17) is 24.4 Å². The number of hydrogen-bond acceptors (Lipinski definition) is 11. The highest BCUT2D eigenvalue weighted by Crippen LogP contribution is 2.11. The van der Waals surface area contributed by atoms with Gasteiger partial charge < -0.3 is 56.1 Å². The fourth-order valence-electron chi connectivity index (χ4n) is 5.35. The maximum absolute atomic E-state index is 12.2. The summed E-state index contributed by atoms with van der Waals surface area (Å²) in [7, 11) is 1.56. The van der Waals surface area contributed by atoms with E-state index in [1.54, 1.807) is 7.05 Å². The molecule has 8 N–H and O–H groups in total. The van der Waals surface area contributed by atoms with E-state index in [1.165, 1.54) is 0 Å². The normalized spacial score (nSPS) is 12.0. The SMILES string of the molecule is CN[C@@H](CCCCNC(=O)CC[C@H](NC(=O)CCC(=O)NCCCOCCOCCOCCCNC(=O)CCCCCCCCCCC(=O)O)C(=O)O)C(=O)O. The molecule has 0 aliphatic heterocycles. The quantitative estimate of drug-likeness (QED) is 0.0413. The number of aliphatic carboxylic acids is 3. The minimum atomic E-state index is -1.29. The van der Waals surface area contributed by atoms with Gasteiger partial charge in [-0.2, -0.15) is 0 Å². The zero-order valence-electron chi connectivity index (χ0n) is 33.4. The van der Waals surface area contributed by atoms with Crippen molar-refractivity contribution in [2.45, 2.75) is 134 Å². The first kappa shape index (κ1) is 52.1. The number of rotatable bonds is 40.